The summed E-state index contributed by atoms with van der Waals surface area (Å²) in [6.45, 7) is 1.09. The molecule has 0 unspecified atom stereocenters. The molecule has 1 aromatic heterocycles. The van der Waals surface area contributed by atoms with Crippen LogP contribution in [0.15, 0.2) is 78.0 Å². The van der Waals surface area contributed by atoms with E-state index in [1.54, 1.807) is 65.8 Å². The molecule has 0 spiro atoms. The lowest BCUT2D eigenvalue weighted by molar-refractivity contribution is 0.0698. The number of piperazine rings is 1. The van der Waals surface area contributed by atoms with Crippen LogP contribution in [0.1, 0.15) is 10.4 Å². The van der Waals surface area contributed by atoms with Crippen molar-refractivity contribution in [2.45, 2.75) is 4.90 Å². The summed E-state index contributed by atoms with van der Waals surface area (Å²) in [6.07, 6.45) is 3.26. The normalized spacial score (nSPS) is 14.4. The van der Waals surface area contributed by atoms with Gasteiger partial charge in [0.25, 0.3) is 5.91 Å². The predicted molar refractivity (Wildman–Crippen MR) is 143 cm³/mol. The van der Waals surface area contributed by atoms with Crippen LogP contribution in [-0.4, -0.2) is 59.7 Å². The maximum absolute atomic E-state index is 13.2. The predicted octanol–water partition coefficient (Wildman–Crippen LogP) is 4.10. The van der Waals surface area contributed by atoms with Crippen molar-refractivity contribution in [3.63, 3.8) is 0 Å². The molecule has 186 valence electrons. The van der Waals surface area contributed by atoms with Gasteiger partial charge >= 0.3 is 0 Å². The van der Waals surface area contributed by atoms with Crippen molar-refractivity contribution >= 4 is 56.7 Å². The Kier molecular flexibility index (Phi) is 7.46. The highest BCUT2D eigenvalue weighted by atomic mass is 35.5. The minimum atomic E-state index is -3.68. The molecule has 0 saturated carbocycles. The van der Waals surface area contributed by atoms with E-state index >= 15 is 0 Å². The number of halogens is 2. The number of nitrogens with two attached hydrogens (primary N) is 1. The summed E-state index contributed by atoms with van der Waals surface area (Å²) in [5.74, 6) is 0.0666. The maximum Gasteiger partial charge on any atom is 0.253 e. The zero-order valence-corrected chi connectivity index (χ0v) is 21.4. The average molecular weight is 544 g/mol. The van der Waals surface area contributed by atoms with Gasteiger partial charge in [0, 0.05) is 54.7 Å². The van der Waals surface area contributed by atoms with E-state index in [1.165, 1.54) is 4.31 Å². The molecular formula is C25H23Cl2N5O3S. The van der Waals surface area contributed by atoms with Crippen molar-refractivity contribution in [3.05, 3.63) is 83.6 Å². The van der Waals surface area contributed by atoms with E-state index < -0.39 is 10.0 Å². The van der Waals surface area contributed by atoms with Gasteiger partial charge in [-0.05, 0) is 52.7 Å². The van der Waals surface area contributed by atoms with Crippen LogP contribution in [0.4, 0.5) is 5.95 Å². The first-order valence-electron chi connectivity index (χ1n) is 11.0. The summed E-state index contributed by atoms with van der Waals surface area (Å²) in [6, 6.07) is 17.5. The zero-order chi connectivity index (χ0) is 24.6. The third kappa shape index (κ3) is 5.15. The van der Waals surface area contributed by atoms with Crippen molar-refractivity contribution in [2.75, 3.05) is 31.9 Å². The number of carbonyl (C=O) groups is 1. The molecule has 0 bridgehead atoms. The highest BCUT2D eigenvalue weighted by Gasteiger charge is 2.30. The highest BCUT2D eigenvalue weighted by molar-refractivity contribution is 7.89. The first kappa shape index (κ1) is 25.8. The number of carbonyl (C=O) groups excluding carboxylic acids is 1. The second-order valence-corrected chi connectivity index (χ2v) is 10.6. The highest BCUT2D eigenvalue weighted by Crippen LogP contribution is 2.25. The minimum Gasteiger partial charge on any atom is -0.368 e. The summed E-state index contributed by atoms with van der Waals surface area (Å²) in [5.41, 5.74) is 7.74. The van der Waals surface area contributed by atoms with Gasteiger partial charge in [0.05, 0.1) is 4.90 Å². The van der Waals surface area contributed by atoms with E-state index in [9.17, 15) is 13.2 Å². The molecule has 0 radical (unpaired) electrons. The van der Waals surface area contributed by atoms with Gasteiger partial charge in [-0.1, -0.05) is 35.9 Å². The standard InChI is InChI=1S/C25H22ClN5O3S.ClH/c26-22-7-5-20-14-23(8-6-19(20)13-22)35(33,34)31-11-9-30(10-12-31)24(32)18-3-1-17(2-4-18)21-15-28-25(27)29-16-21;/h1-8,13-16H,9-12H2,(H2,27,28,29);1H. The molecule has 8 nitrogen and oxygen atoms in total. The van der Waals surface area contributed by atoms with E-state index in [-0.39, 0.29) is 42.2 Å². The molecule has 1 amide bonds. The van der Waals surface area contributed by atoms with Crippen LogP contribution in [0.3, 0.4) is 0 Å². The van der Waals surface area contributed by atoms with Crippen molar-refractivity contribution in [2.24, 2.45) is 0 Å². The van der Waals surface area contributed by atoms with Crippen LogP contribution in [0.2, 0.25) is 5.02 Å². The number of benzene rings is 3. The fourth-order valence-electron chi connectivity index (χ4n) is 4.11. The smallest absolute Gasteiger partial charge is 0.253 e. The molecule has 2 N–H and O–H groups in total. The van der Waals surface area contributed by atoms with E-state index in [0.717, 1.165) is 21.9 Å². The van der Waals surface area contributed by atoms with Crippen LogP contribution in [0.5, 0.6) is 0 Å². The van der Waals surface area contributed by atoms with E-state index in [4.69, 9.17) is 17.3 Å². The lowest BCUT2D eigenvalue weighted by atomic mass is 10.1. The minimum absolute atomic E-state index is 0. The Morgan fingerprint density at radius 2 is 1.44 bits per heavy atom. The van der Waals surface area contributed by atoms with Gasteiger partial charge in [-0.15, -0.1) is 12.4 Å². The molecule has 1 saturated heterocycles. The maximum atomic E-state index is 13.2. The molecule has 11 heteroatoms. The van der Waals surface area contributed by atoms with Crippen LogP contribution in [-0.2, 0) is 10.0 Å². The number of sulfonamides is 1. The fourth-order valence-corrected chi connectivity index (χ4v) is 5.75. The second-order valence-electron chi connectivity index (χ2n) is 8.26. The molecule has 36 heavy (non-hydrogen) atoms. The molecule has 0 aliphatic carbocycles. The Labute approximate surface area is 220 Å². The largest absolute Gasteiger partial charge is 0.368 e. The van der Waals surface area contributed by atoms with Gasteiger partial charge in [-0.3, -0.25) is 4.79 Å². The summed E-state index contributed by atoms with van der Waals surface area (Å²) in [7, 11) is -3.68. The molecule has 1 fully saturated rings. The number of fused-ring (bicyclic) bond motifs is 1. The third-order valence-corrected chi connectivity index (χ3v) is 8.20. The van der Waals surface area contributed by atoms with Crippen molar-refractivity contribution in [1.29, 1.82) is 0 Å². The summed E-state index contributed by atoms with van der Waals surface area (Å²) < 4.78 is 27.9. The second kappa shape index (κ2) is 10.4. The number of hydrogen-bond donors (Lipinski definition) is 1. The zero-order valence-electron chi connectivity index (χ0n) is 19.0. The molecule has 2 heterocycles. The summed E-state index contributed by atoms with van der Waals surface area (Å²) in [5, 5.41) is 2.28. The topological polar surface area (TPSA) is 109 Å². The molecule has 1 aliphatic rings. The Balaban J connectivity index is 0.00000304. The van der Waals surface area contributed by atoms with Gasteiger partial charge in [0.1, 0.15) is 0 Å². The first-order chi connectivity index (χ1) is 16.8. The summed E-state index contributed by atoms with van der Waals surface area (Å²) >= 11 is 6.03. The fraction of sp³-hybridized carbons (Fsp3) is 0.160. The number of amides is 1. The van der Waals surface area contributed by atoms with Crippen molar-refractivity contribution < 1.29 is 13.2 Å². The van der Waals surface area contributed by atoms with Gasteiger partial charge < -0.3 is 10.6 Å². The average Bonchev–Trinajstić information content (AvgIpc) is 2.88. The lowest BCUT2D eigenvalue weighted by Crippen LogP contribution is -2.50. The SMILES string of the molecule is Cl.Nc1ncc(-c2ccc(C(=O)N3CCN(S(=O)(=O)c4ccc5cc(Cl)ccc5c4)CC3)cc2)cn1. The Hall–Kier alpha value is -3.24. The monoisotopic (exact) mass is 543 g/mol. The van der Waals surface area contributed by atoms with Crippen LogP contribution >= 0.6 is 24.0 Å². The number of anilines is 1. The number of rotatable bonds is 4. The van der Waals surface area contributed by atoms with Gasteiger partial charge in [0.15, 0.2) is 0 Å². The van der Waals surface area contributed by atoms with Crippen molar-refractivity contribution in [3.8, 4) is 11.1 Å². The van der Waals surface area contributed by atoms with Gasteiger partial charge in [0.2, 0.25) is 16.0 Å². The molecule has 0 atom stereocenters. The Bertz CT molecular complexity index is 1510. The number of hydrogen-bond acceptors (Lipinski definition) is 6. The molecule has 4 aromatic rings. The lowest BCUT2D eigenvalue weighted by Gasteiger charge is -2.34. The van der Waals surface area contributed by atoms with Crippen LogP contribution in [0, 0.1) is 0 Å². The molecule has 3 aromatic carbocycles. The van der Waals surface area contributed by atoms with Gasteiger partial charge in [-0.25, -0.2) is 18.4 Å². The Morgan fingerprint density at radius 3 is 2.11 bits per heavy atom. The van der Waals surface area contributed by atoms with Crippen LogP contribution in [0.25, 0.3) is 21.9 Å². The van der Waals surface area contributed by atoms with Gasteiger partial charge in [-0.2, -0.15) is 4.31 Å². The Morgan fingerprint density at radius 1 is 0.833 bits per heavy atom. The van der Waals surface area contributed by atoms with Crippen molar-refractivity contribution in [1.82, 2.24) is 19.2 Å². The van der Waals surface area contributed by atoms with E-state index in [2.05, 4.69) is 9.97 Å². The molecule has 1 aliphatic heterocycles. The van der Waals surface area contributed by atoms with Crippen LogP contribution < -0.4 is 5.73 Å². The number of nitrogens with zero attached hydrogens (tertiary/aromatic N) is 4. The molecular weight excluding hydrogens is 521 g/mol. The van der Waals surface area contributed by atoms with E-state index in [1.807, 2.05) is 12.1 Å². The number of aromatic nitrogens is 2. The summed E-state index contributed by atoms with van der Waals surface area (Å²) in [4.78, 5) is 22.9. The molecule has 5 rings (SSSR count). The quantitative estimate of drug-likeness (QED) is 0.415. The van der Waals surface area contributed by atoms with E-state index in [0.29, 0.717) is 23.7 Å². The number of nitrogen functional groups attached to an aromatic ring is 1. The first-order valence-corrected chi connectivity index (χ1v) is 12.8. The third-order valence-electron chi connectivity index (χ3n) is 6.07.